The van der Waals surface area contributed by atoms with Gasteiger partial charge in [-0.05, 0) is 24.6 Å². The molecule has 0 saturated carbocycles. The molecule has 0 radical (unpaired) electrons. The van der Waals surface area contributed by atoms with Crippen molar-refractivity contribution in [3.8, 4) is 29.0 Å². The Morgan fingerprint density at radius 2 is 2.16 bits per heavy atom. The highest BCUT2D eigenvalue weighted by Gasteiger charge is 2.13. The summed E-state index contributed by atoms with van der Waals surface area (Å²) < 4.78 is 1.54. The van der Waals surface area contributed by atoms with E-state index in [2.05, 4.69) is 26.9 Å². The van der Waals surface area contributed by atoms with Gasteiger partial charge in [-0.3, -0.25) is 9.59 Å². The first-order valence-electron chi connectivity index (χ1n) is 9.52. The smallest absolute Gasteiger partial charge is 0.267 e. The van der Waals surface area contributed by atoms with Crippen molar-refractivity contribution in [1.29, 1.82) is 0 Å². The van der Waals surface area contributed by atoms with E-state index in [0.717, 1.165) is 5.56 Å². The third kappa shape index (κ3) is 5.74. The molecule has 0 aliphatic heterocycles. The highest BCUT2D eigenvalue weighted by atomic mass is 16.3. The van der Waals surface area contributed by atoms with E-state index < -0.39 is 12.0 Å². The average Bonchev–Trinajstić information content (AvgIpc) is 3.22. The van der Waals surface area contributed by atoms with Crippen molar-refractivity contribution < 1.29 is 14.7 Å². The second-order valence-corrected chi connectivity index (χ2v) is 7.00. The Labute approximate surface area is 179 Å². The highest BCUT2D eigenvalue weighted by molar-refractivity contribution is 5.91. The number of carbonyl (C=O) groups excluding carboxylic acids is 2. The Kier molecular flexibility index (Phi) is 6.74. The van der Waals surface area contributed by atoms with Gasteiger partial charge < -0.3 is 15.7 Å². The normalized spacial score (nSPS) is 11.3. The van der Waals surface area contributed by atoms with Gasteiger partial charge in [0, 0.05) is 43.4 Å². The molecule has 9 nitrogen and oxygen atoms in total. The Morgan fingerprint density at radius 1 is 1.35 bits per heavy atom. The molecule has 31 heavy (non-hydrogen) atoms. The molecular weight excluding hydrogens is 396 g/mol. The molecule has 3 aromatic rings. The van der Waals surface area contributed by atoms with E-state index in [1.807, 2.05) is 6.92 Å². The van der Waals surface area contributed by atoms with Crippen LogP contribution in [0.4, 0.5) is 0 Å². The third-order valence-corrected chi connectivity index (χ3v) is 4.35. The zero-order chi connectivity index (χ0) is 22.4. The number of aryl methyl sites for hydroxylation is 1. The molecule has 2 aromatic heterocycles. The fraction of sp³-hybridized carbons (Fsp3) is 0.227. The fourth-order valence-corrected chi connectivity index (χ4v) is 2.70. The second kappa shape index (κ2) is 9.65. The Hall–Kier alpha value is -4.03. The summed E-state index contributed by atoms with van der Waals surface area (Å²) in [5.74, 6) is 5.72. The lowest BCUT2D eigenvalue weighted by atomic mass is 10.1. The van der Waals surface area contributed by atoms with E-state index in [9.17, 15) is 14.7 Å². The van der Waals surface area contributed by atoms with Crippen LogP contribution < -0.4 is 5.73 Å². The van der Waals surface area contributed by atoms with Crippen LogP contribution in [0.1, 0.15) is 28.0 Å². The van der Waals surface area contributed by atoms with Crippen LogP contribution in [0.5, 0.6) is 0 Å². The average molecular weight is 418 g/mol. The number of nitrogens with zero attached hydrogens (tertiary/aromatic N) is 5. The van der Waals surface area contributed by atoms with E-state index in [-0.39, 0.29) is 5.69 Å². The van der Waals surface area contributed by atoms with Crippen LogP contribution in [0, 0.1) is 18.8 Å². The van der Waals surface area contributed by atoms with Gasteiger partial charge in [0.1, 0.15) is 11.8 Å². The Balaban J connectivity index is 1.90. The van der Waals surface area contributed by atoms with Crippen LogP contribution in [0.25, 0.3) is 17.2 Å². The first-order valence-corrected chi connectivity index (χ1v) is 9.52. The quantitative estimate of drug-likeness (QED) is 0.434. The molecule has 1 aromatic carbocycles. The summed E-state index contributed by atoms with van der Waals surface area (Å²) >= 11 is 0. The van der Waals surface area contributed by atoms with Gasteiger partial charge in [0.2, 0.25) is 6.41 Å². The zero-order valence-electron chi connectivity index (χ0n) is 17.2. The molecule has 0 saturated heterocycles. The van der Waals surface area contributed by atoms with Crippen molar-refractivity contribution in [3.05, 3.63) is 59.5 Å². The molecule has 0 spiro atoms. The van der Waals surface area contributed by atoms with Crippen molar-refractivity contribution >= 4 is 12.3 Å². The molecule has 3 rings (SSSR count). The van der Waals surface area contributed by atoms with Crippen molar-refractivity contribution in [3.63, 3.8) is 0 Å². The molecule has 0 aliphatic rings. The SMILES string of the molecule is Cc1cnn(-c2cc(C(N)=O)nc(-c3cccc(C#C[C@H](O)CCN(C)C=O)c3)n2)c1. The molecule has 0 aliphatic carbocycles. The number of hydrogen-bond acceptors (Lipinski definition) is 6. The minimum atomic E-state index is -0.866. The maximum absolute atomic E-state index is 11.8. The van der Waals surface area contributed by atoms with Crippen LogP contribution in [0.2, 0.25) is 0 Å². The maximum atomic E-state index is 11.8. The number of hydrogen-bond donors (Lipinski definition) is 2. The van der Waals surface area contributed by atoms with Crippen LogP contribution in [0.15, 0.2) is 42.7 Å². The second-order valence-electron chi connectivity index (χ2n) is 7.00. The van der Waals surface area contributed by atoms with Gasteiger partial charge in [-0.15, -0.1) is 0 Å². The van der Waals surface area contributed by atoms with Crippen LogP contribution in [-0.2, 0) is 4.79 Å². The number of rotatable bonds is 7. The molecule has 2 amide bonds. The molecule has 3 N–H and O–H groups in total. The van der Waals surface area contributed by atoms with Gasteiger partial charge in [0.05, 0.1) is 6.20 Å². The molecule has 0 fully saturated rings. The Morgan fingerprint density at radius 3 is 2.84 bits per heavy atom. The molecule has 0 unspecified atom stereocenters. The lowest BCUT2D eigenvalue weighted by molar-refractivity contribution is -0.117. The largest absolute Gasteiger partial charge is 0.380 e. The number of primary amides is 1. The van der Waals surface area contributed by atoms with Crippen LogP contribution in [-0.4, -0.2) is 61.8 Å². The van der Waals surface area contributed by atoms with Crippen molar-refractivity contribution in [2.45, 2.75) is 19.4 Å². The number of amides is 2. The fourth-order valence-electron chi connectivity index (χ4n) is 2.70. The number of benzene rings is 1. The number of aromatic nitrogens is 4. The first-order chi connectivity index (χ1) is 14.9. The molecular formula is C22H22N6O3. The predicted molar refractivity (Wildman–Crippen MR) is 114 cm³/mol. The summed E-state index contributed by atoms with van der Waals surface area (Å²) in [7, 11) is 1.63. The summed E-state index contributed by atoms with van der Waals surface area (Å²) in [5, 5.41) is 14.2. The molecule has 158 valence electrons. The topological polar surface area (TPSA) is 127 Å². The third-order valence-electron chi connectivity index (χ3n) is 4.35. The lowest BCUT2D eigenvalue weighted by Crippen LogP contribution is -2.21. The van der Waals surface area contributed by atoms with Gasteiger partial charge in [-0.25, -0.2) is 14.6 Å². The van der Waals surface area contributed by atoms with E-state index in [1.165, 1.54) is 11.0 Å². The minimum absolute atomic E-state index is 0.0689. The van der Waals surface area contributed by atoms with Crippen LogP contribution >= 0.6 is 0 Å². The van der Waals surface area contributed by atoms with E-state index in [4.69, 9.17) is 5.73 Å². The number of aliphatic hydroxyl groups is 1. The van der Waals surface area contributed by atoms with E-state index in [1.54, 1.807) is 48.4 Å². The van der Waals surface area contributed by atoms with E-state index in [0.29, 0.717) is 42.1 Å². The molecule has 1 atom stereocenters. The van der Waals surface area contributed by atoms with Crippen molar-refractivity contribution in [2.75, 3.05) is 13.6 Å². The monoisotopic (exact) mass is 418 g/mol. The highest BCUT2D eigenvalue weighted by Crippen LogP contribution is 2.19. The number of carbonyl (C=O) groups is 2. The maximum Gasteiger partial charge on any atom is 0.267 e. The molecule has 2 heterocycles. The van der Waals surface area contributed by atoms with Crippen molar-refractivity contribution in [2.24, 2.45) is 5.73 Å². The van der Waals surface area contributed by atoms with E-state index >= 15 is 0 Å². The summed E-state index contributed by atoms with van der Waals surface area (Å²) in [5.41, 5.74) is 7.74. The van der Waals surface area contributed by atoms with Gasteiger partial charge >= 0.3 is 0 Å². The summed E-state index contributed by atoms with van der Waals surface area (Å²) in [6.45, 7) is 2.30. The number of nitrogens with two attached hydrogens (primary N) is 1. The molecule has 0 bridgehead atoms. The van der Waals surface area contributed by atoms with Crippen LogP contribution in [0.3, 0.4) is 0 Å². The zero-order valence-corrected chi connectivity index (χ0v) is 17.2. The van der Waals surface area contributed by atoms with Crippen molar-refractivity contribution in [1.82, 2.24) is 24.6 Å². The first kappa shape index (κ1) is 21.7. The van der Waals surface area contributed by atoms with Gasteiger partial charge in [0.15, 0.2) is 11.6 Å². The predicted octanol–water partition coefficient (Wildman–Crippen LogP) is 0.927. The summed E-state index contributed by atoms with van der Waals surface area (Å²) in [4.78, 5) is 32.6. The Bertz CT molecular complexity index is 1160. The summed E-state index contributed by atoms with van der Waals surface area (Å²) in [6, 6.07) is 8.60. The standard InChI is InChI=1S/C22H22N6O3/c1-15-12-24-28(13-15)20-11-19(21(23)31)25-22(26-20)17-5-3-4-16(10-17)6-7-18(30)8-9-27(2)14-29/h3-5,10-14,18,30H,8-9H2,1-2H3,(H2,23,31)/t18-/m0/s1. The number of aliphatic hydroxyl groups excluding tert-OH is 1. The lowest BCUT2D eigenvalue weighted by Gasteiger charge is -2.10. The van der Waals surface area contributed by atoms with Gasteiger partial charge in [0.25, 0.3) is 5.91 Å². The summed E-state index contributed by atoms with van der Waals surface area (Å²) in [6.07, 6.45) is 3.64. The minimum Gasteiger partial charge on any atom is -0.380 e. The van der Waals surface area contributed by atoms with Gasteiger partial charge in [-0.1, -0.05) is 24.0 Å². The van der Waals surface area contributed by atoms with Gasteiger partial charge in [-0.2, -0.15) is 5.10 Å². The molecule has 9 heteroatoms.